The molecule has 1 aliphatic rings. The molecule has 1 amide bonds. The number of rotatable bonds is 3. The highest BCUT2D eigenvalue weighted by molar-refractivity contribution is 7.10. The van der Waals surface area contributed by atoms with Gasteiger partial charge in [0.1, 0.15) is 6.10 Å². The van der Waals surface area contributed by atoms with Crippen LogP contribution in [0.15, 0.2) is 17.5 Å². The number of fused-ring (bicyclic) bond motifs is 1. The Morgan fingerprint density at radius 2 is 2.58 bits per heavy atom. The van der Waals surface area contributed by atoms with E-state index < -0.39 is 0 Å². The normalized spacial score (nSPS) is 18.1. The molecule has 0 spiro atoms. The lowest BCUT2D eigenvalue weighted by molar-refractivity contribution is -0.119. The predicted molar refractivity (Wildman–Crippen MR) is 73.3 cm³/mol. The second-order valence-electron chi connectivity index (χ2n) is 4.61. The Morgan fingerprint density at radius 1 is 1.68 bits per heavy atom. The molecule has 6 heteroatoms. The number of H-pyrrole nitrogens is 1. The number of hydrogen-bond acceptors (Lipinski definition) is 4. The molecule has 2 N–H and O–H groups in total. The fourth-order valence-electron chi connectivity index (χ4n) is 2.22. The van der Waals surface area contributed by atoms with Crippen LogP contribution >= 0.6 is 11.3 Å². The van der Waals surface area contributed by atoms with Crippen molar-refractivity contribution in [3.8, 4) is 0 Å². The Kier molecular flexibility index (Phi) is 3.35. The number of carbonyl (C=O) groups excluding carboxylic acids is 1. The molecule has 0 saturated heterocycles. The lowest BCUT2D eigenvalue weighted by atomic mass is 10.1. The molecule has 1 atom stereocenters. The van der Waals surface area contributed by atoms with Crippen LogP contribution in [-0.2, 0) is 16.0 Å². The van der Waals surface area contributed by atoms with E-state index in [9.17, 15) is 4.79 Å². The third kappa shape index (κ3) is 2.69. The van der Waals surface area contributed by atoms with Crippen LogP contribution < -0.4 is 5.32 Å². The highest BCUT2D eigenvalue weighted by Gasteiger charge is 2.24. The van der Waals surface area contributed by atoms with Gasteiger partial charge in [0.05, 0.1) is 13.0 Å². The second kappa shape index (κ2) is 5.14. The van der Waals surface area contributed by atoms with Crippen molar-refractivity contribution in [3.05, 3.63) is 33.6 Å². The van der Waals surface area contributed by atoms with Gasteiger partial charge in [0, 0.05) is 16.6 Å². The number of thiophene rings is 1. The molecule has 1 unspecified atom stereocenters. The molecule has 0 aromatic carbocycles. The second-order valence-corrected chi connectivity index (χ2v) is 5.56. The number of aromatic nitrogens is 2. The van der Waals surface area contributed by atoms with E-state index >= 15 is 0 Å². The summed E-state index contributed by atoms with van der Waals surface area (Å²) in [6.07, 6.45) is 1.15. The summed E-state index contributed by atoms with van der Waals surface area (Å²) in [7, 11) is 0. The van der Waals surface area contributed by atoms with Gasteiger partial charge in [-0.25, -0.2) is 0 Å². The van der Waals surface area contributed by atoms with Crippen molar-refractivity contribution < 1.29 is 9.53 Å². The van der Waals surface area contributed by atoms with Gasteiger partial charge in [-0.3, -0.25) is 9.89 Å². The Bertz CT molecular complexity index is 590. The zero-order chi connectivity index (χ0) is 13.2. The first-order chi connectivity index (χ1) is 9.22. The number of hydrogen-bond donors (Lipinski definition) is 2. The topological polar surface area (TPSA) is 67.0 Å². The Labute approximate surface area is 115 Å². The molecule has 0 radical (unpaired) electrons. The molecule has 3 rings (SSSR count). The van der Waals surface area contributed by atoms with Gasteiger partial charge in [0.2, 0.25) is 5.91 Å². The molecule has 0 saturated carbocycles. The molecule has 100 valence electrons. The lowest BCUT2D eigenvalue weighted by Crippen LogP contribution is -2.21. The minimum Gasteiger partial charge on any atom is -0.372 e. The molecule has 19 heavy (non-hydrogen) atoms. The van der Waals surface area contributed by atoms with Gasteiger partial charge < -0.3 is 10.1 Å². The van der Waals surface area contributed by atoms with E-state index in [1.807, 2.05) is 6.92 Å². The van der Waals surface area contributed by atoms with Crippen molar-refractivity contribution in [2.75, 3.05) is 11.9 Å². The number of carbonyl (C=O) groups is 1. The van der Waals surface area contributed by atoms with Gasteiger partial charge in [-0.2, -0.15) is 5.10 Å². The first-order valence-corrected chi connectivity index (χ1v) is 7.10. The number of anilines is 1. The number of nitrogens with one attached hydrogen (secondary N) is 2. The average molecular weight is 277 g/mol. The fraction of sp³-hybridized carbons (Fsp3) is 0.385. The summed E-state index contributed by atoms with van der Waals surface area (Å²) in [5, 5.41) is 11.6. The summed E-state index contributed by atoms with van der Waals surface area (Å²) in [4.78, 5) is 13.2. The van der Waals surface area contributed by atoms with E-state index in [1.54, 1.807) is 17.4 Å². The summed E-state index contributed by atoms with van der Waals surface area (Å²) < 4.78 is 5.70. The van der Waals surface area contributed by atoms with Gasteiger partial charge in [-0.15, -0.1) is 11.3 Å². The Balaban J connectivity index is 1.65. The summed E-state index contributed by atoms with van der Waals surface area (Å²) in [5.41, 5.74) is 2.23. The highest BCUT2D eigenvalue weighted by Crippen LogP contribution is 2.33. The number of aromatic amines is 1. The third-order valence-corrected chi connectivity index (χ3v) is 4.16. The van der Waals surface area contributed by atoms with Crippen LogP contribution in [-0.4, -0.2) is 22.7 Å². The van der Waals surface area contributed by atoms with E-state index in [0.717, 1.165) is 12.1 Å². The van der Waals surface area contributed by atoms with E-state index in [2.05, 4.69) is 27.0 Å². The summed E-state index contributed by atoms with van der Waals surface area (Å²) in [6.45, 7) is 2.58. The van der Waals surface area contributed by atoms with Gasteiger partial charge >= 0.3 is 0 Å². The van der Waals surface area contributed by atoms with Gasteiger partial charge in [-0.1, -0.05) is 0 Å². The largest absolute Gasteiger partial charge is 0.372 e. The summed E-state index contributed by atoms with van der Waals surface area (Å²) in [6, 6.07) is 3.92. The summed E-state index contributed by atoms with van der Waals surface area (Å²) in [5.74, 6) is 0.488. The van der Waals surface area contributed by atoms with E-state index in [4.69, 9.17) is 4.74 Å². The van der Waals surface area contributed by atoms with Crippen LogP contribution in [0.25, 0.3) is 0 Å². The molecular weight excluding hydrogens is 262 g/mol. The van der Waals surface area contributed by atoms with Crippen LogP contribution in [0.4, 0.5) is 5.82 Å². The van der Waals surface area contributed by atoms with E-state index in [0.29, 0.717) is 18.8 Å². The Morgan fingerprint density at radius 3 is 3.37 bits per heavy atom. The van der Waals surface area contributed by atoms with Crippen molar-refractivity contribution in [1.29, 1.82) is 0 Å². The summed E-state index contributed by atoms with van der Waals surface area (Å²) >= 11 is 1.66. The lowest BCUT2D eigenvalue weighted by Gasteiger charge is -2.22. The minimum absolute atomic E-state index is 0.0715. The fourth-order valence-corrected chi connectivity index (χ4v) is 3.22. The Hall–Kier alpha value is -1.66. The average Bonchev–Trinajstić information content (AvgIpc) is 2.98. The van der Waals surface area contributed by atoms with Crippen molar-refractivity contribution in [2.45, 2.75) is 25.9 Å². The maximum absolute atomic E-state index is 12.0. The molecule has 2 aromatic rings. The van der Waals surface area contributed by atoms with Gasteiger partial charge in [0.25, 0.3) is 0 Å². The van der Waals surface area contributed by atoms with Crippen LogP contribution in [0.1, 0.15) is 28.7 Å². The van der Waals surface area contributed by atoms with Gasteiger partial charge in [-0.05, 0) is 30.4 Å². The minimum atomic E-state index is -0.121. The molecule has 3 heterocycles. The monoisotopic (exact) mass is 277 g/mol. The molecule has 0 bridgehead atoms. The predicted octanol–water partition coefficient (Wildman–Crippen LogP) is 2.42. The maximum atomic E-state index is 12.0. The van der Waals surface area contributed by atoms with E-state index in [1.165, 1.54) is 10.4 Å². The maximum Gasteiger partial charge on any atom is 0.228 e. The van der Waals surface area contributed by atoms with Crippen LogP contribution in [0.5, 0.6) is 0 Å². The smallest absolute Gasteiger partial charge is 0.228 e. The zero-order valence-electron chi connectivity index (χ0n) is 10.6. The van der Waals surface area contributed by atoms with E-state index in [-0.39, 0.29) is 12.0 Å². The standard InChI is InChI=1S/C13H15N3O2S/c1-8-6-11(16-15-8)14-12(17)7-10-13-9(2-4-18-10)3-5-19-13/h3,5-6,10H,2,4,7H2,1H3,(H2,14,15,16,17). The number of aryl methyl sites for hydroxylation is 1. The number of nitrogens with zero attached hydrogens (tertiary/aromatic N) is 1. The molecule has 1 aliphatic heterocycles. The van der Waals surface area contributed by atoms with Crippen molar-refractivity contribution in [2.24, 2.45) is 0 Å². The SMILES string of the molecule is Cc1cc(NC(=O)CC2OCCc3ccsc32)n[nH]1. The number of ether oxygens (including phenoxy) is 1. The first-order valence-electron chi connectivity index (χ1n) is 6.22. The first kappa shape index (κ1) is 12.4. The van der Waals surface area contributed by atoms with Crippen molar-refractivity contribution in [3.63, 3.8) is 0 Å². The molecule has 2 aromatic heterocycles. The molecular formula is C13H15N3O2S. The molecule has 0 aliphatic carbocycles. The number of amides is 1. The third-order valence-electron chi connectivity index (χ3n) is 3.11. The van der Waals surface area contributed by atoms with Gasteiger partial charge in [0.15, 0.2) is 5.82 Å². The van der Waals surface area contributed by atoms with Crippen molar-refractivity contribution >= 4 is 23.1 Å². The van der Waals surface area contributed by atoms with Crippen LogP contribution in [0, 0.1) is 6.92 Å². The quantitative estimate of drug-likeness (QED) is 0.905. The van der Waals surface area contributed by atoms with Crippen molar-refractivity contribution in [1.82, 2.24) is 10.2 Å². The zero-order valence-corrected chi connectivity index (χ0v) is 11.4. The molecule has 0 fully saturated rings. The van der Waals surface area contributed by atoms with Crippen LogP contribution in [0.2, 0.25) is 0 Å². The van der Waals surface area contributed by atoms with Crippen LogP contribution in [0.3, 0.4) is 0 Å². The molecule has 5 nitrogen and oxygen atoms in total. The highest BCUT2D eigenvalue weighted by atomic mass is 32.1.